The van der Waals surface area contributed by atoms with Crippen molar-refractivity contribution >= 4 is 22.3 Å². The van der Waals surface area contributed by atoms with Crippen LogP contribution in [0, 0.1) is 6.92 Å². The third-order valence-electron chi connectivity index (χ3n) is 5.30. The molecule has 0 saturated carbocycles. The van der Waals surface area contributed by atoms with Crippen molar-refractivity contribution in [3.8, 4) is 22.3 Å². The van der Waals surface area contributed by atoms with Crippen molar-refractivity contribution in [2.24, 2.45) is 0 Å². The largest absolute Gasteiger partial charge is 0.285 e. The monoisotopic (exact) mass is 348 g/mol. The standard InChI is InChI=1S/C25H16O2/c1-15-9-11-17(12-10-15)19-7-4-8-20-22(19)23-18-6-3-2-5-16(18)13-14-21(23)25(27)24(20)26/h2-14H,1H3. The number of aryl methyl sites for hydroxylation is 1. The number of fused-ring (bicyclic) bond motifs is 5. The number of carbonyl (C=O) groups is 2. The van der Waals surface area contributed by atoms with Crippen molar-refractivity contribution in [2.45, 2.75) is 6.92 Å². The first-order chi connectivity index (χ1) is 13.1. The molecule has 0 heterocycles. The lowest BCUT2D eigenvalue weighted by Crippen LogP contribution is -2.21. The molecule has 4 aromatic rings. The second-order valence-electron chi connectivity index (χ2n) is 6.96. The van der Waals surface area contributed by atoms with Crippen LogP contribution >= 0.6 is 0 Å². The first-order valence-corrected chi connectivity index (χ1v) is 8.96. The summed E-state index contributed by atoms with van der Waals surface area (Å²) in [6.45, 7) is 2.05. The normalized spacial score (nSPS) is 12.8. The Balaban J connectivity index is 1.93. The van der Waals surface area contributed by atoms with Crippen molar-refractivity contribution in [1.29, 1.82) is 0 Å². The third kappa shape index (κ3) is 2.27. The topological polar surface area (TPSA) is 34.1 Å². The summed E-state index contributed by atoms with van der Waals surface area (Å²) in [5.74, 6) is -0.856. The number of rotatable bonds is 1. The number of benzene rings is 4. The quantitative estimate of drug-likeness (QED) is 0.404. The van der Waals surface area contributed by atoms with Crippen molar-refractivity contribution in [1.82, 2.24) is 0 Å². The van der Waals surface area contributed by atoms with Crippen LogP contribution in [0.2, 0.25) is 0 Å². The summed E-state index contributed by atoms with van der Waals surface area (Å²) in [6.07, 6.45) is 0. The maximum absolute atomic E-state index is 12.8. The van der Waals surface area contributed by atoms with E-state index in [1.807, 2.05) is 42.5 Å². The maximum Gasteiger partial charge on any atom is 0.234 e. The van der Waals surface area contributed by atoms with Crippen LogP contribution in [0.1, 0.15) is 26.3 Å². The zero-order valence-corrected chi connectivity index (χ0v) is 14.8. The first-order valence-electron chi connectivity index (χ1n) is 8.96. The van der Waals surface area contributed by atoms with Crippen molar-refractivity contribution in [3.63, 3.8) is 0 Å². The van der Waals surface area contributed by atoms with Crippen LogP contribution in [0.4, 0.5) is 0 Å². The van der Waals surface area contributed by atoms with Gasteiger partial charge in [0.05, 0.1) is 0 Å². The van der Waals surface area contributed by atoms with Crippen LogP contribution in [-0.2, 0) is 0 Å². The lowest BCUT2D eigenvalue weighted by atomic mass is 9.78. The Bertz CT molecular complexity index is 1250. The number of carbonyl (C=O) groups excluding carboxylic acids is 2. The summed E-state index contributed by atoms with van der Waals surface area (Å²) in [6, 6.07) is 25.6. The molecule has 0 N–H and O–H groups in total. The SMILES string of the molecule is Cc1ccc(-c2cccc3c2-c2c(ccc4ccccc24)C(=O)C3=O)cc1. The Morgan fingerprint density at radius 3 is 2.00 bits per heavy atom. The third-order valence-corrected chi connectivity index (χ3v) is 5.30. The van der Waals surface area contributed by atoms with Crippen molar-refractivity contribution < 1.29 is 9.59 Å². The molecule has 1 aliphatic rings. The molecule has 2 heteroatoms. The van der Waals surface area contributed by atoms with Gasteiger partial charge >= 0.3 is 0 Å². The van der Waals surface area contributed by atoms with Gasteiger partial charge in [0.1, 0.15) is 0 Å². The molecule has 2 nitrogen and oxygen atoms in total. The van der Waals surface area contributed by atoms with Gasteiger partial charge in [-0.25, -0.2) is 0 Å². The molecule has 27 heavy (non-hydrogen) atoms. The Hall–Kier alpha value is -3.52. The van der Waals surface area contributed by atoms with Crippen LogP contribution in [0.15, 0.2) is 78.9 Å². The smallest absolute Gasteiger partial charge is 0.234 e. The van der Waals surface area contributed by atoms with E-state index in [0.717, 1.165) is 33.0 Å². The molecule has 0 aliphatic heterocycles. The molecule has 0 fully saturated rings. The van der Waals surface area contributed by atoms with Crippen LogP contribution in [-0.4, -0.2) is 11.6 Å². The predicted octanol–water partition coefficient (Wildman–Crippen LogP) is 5.86. The van der Waals surface area contributed by atoms with E-state index in [1.165, 1.54) is 5.56 Å². The fraction of sp³-hybridized carbons (Fsp3) is 0.0400. The van der Waals surface area contributed by atoms with Crippen molar-refractivity contribution in [2.75, 3.05) is 0 Å². The zero-order chi connectivity index (χ0) is 18.5. The van der Waals surface area contributed by atoms with E-state index in [2.05, 4.69) is 31.2 Å². The summed E-state index contributed by atoms with van der Waals surface area (Å²) in [5.41, 5.74) is 5.90. The van der Waals surface area contributed by atoms with Gasteiger partial charge in [0, 0.05) is 22.3 Å². The molecule has 0 bridgehead atoms. The van der Waals surface area contributed by atoms with Crippen LogP contribution < -0.4 is 0 Å². The highest BCUT2D eigenvalue weighted by atomic mass is 16.2. The van der Waals surface area contributed by atoms with E-state index in [1.54, 1.807) is 12.1 Å². The highest BCUT2D eigenvalue weighted by molar-refractivity contribution is 6.54. The summed E-state index contributed by atoms with van der Waals surface area (Å²) in [7, 11) is 0. The van der Waals surface area contributed by atoms with Crippen molar-refractivity contribution in [3.05, 3.63) is 95.6 Å². The highest BCUT2D eigenvalue weighted by Gasteiger charge is 2.33. The average Bonchev–Trinajstić information content (AvgIpc) is 2.71. The predicted molar refractivity (Wildman–Crippen MR) is 108 cm³/mol. The Labute approximate surface area is 157 Å². The van der Waals surface area contributed by atoms with Gasteiger partial charge in [0.2, 0.25) is 11.6 Å². The van der Waals surface area contributed by atoms with Crippen LogP contribution in [0.25, 0.3) is 33.0 Å². The van der Waals surface area contributed by atoms with E-state index in [-0.39, 0.29) is 0 Å². The second kappa shape index (κ2) is 5.75. The number of hydrogen-bond acceptors (Lipinski definition) is 2. The van der Waals surface area contributed by atoms with Gasteiger partial charge in [-0.05, 0) is 34.9 Å². The van der Waals surface area contributed by atoms with E-state index in [9.17, 15) is 9.59 Å². The second-order valence-corrected chi connectivity index (χ2v) is 6.96. The number of ketones is 2. The van der Waals surface area contributed by atoms with Gasteiger partial charge in [-0.1, -0.05) is 78.4 Å². The van der Waals surface area contributed by atoms with Gasteiger partial charge in [-0.15, -0.1) is 0 Å². The molecule has 0 amide bonds. The molecule has 1 aliphatic carbocycles. The Morgan fingerprint density at radius 2 is 1.22 bits per heavy atom. The summed E-state index contributed by atoms with van der Waals surface area (Å²) >= 11 is 0. The minimum absolute atomic E-state index is 0.427. The molecule has 0 atom stereocenters. The van der Waals surface area contributed by atoms with E-state index < -0.39 is 11.6 Å². The number of Topliss-reactive ketones (excluding diaryl/α,β-unsaturated/α-hetero) is 2. The zero-order valence-electron chi connectivity index (χ0n) is 14.8. The lowest BCUT2D eigenvalue weighted by molar-refractivity contribution is 0.0815. The van der Waals surface area contributed by atoms with Gasteiger partial charge in [-0.3, -0.25) is 9.59 Å². The summed E-state index contributed by atoms with van der Waals surface area (Å²) < 4.78 is 0. The van der Waals surface area contributed by atoms with Crippen LogP contribution in [0.3, 0.4) is 0 Å². The number of hydrogen-bond donors (Lipinski definition) is 0. The summed E-state index contributed by atoms with van der Waals surface area (Å²) in [5, 5.41) is 2.06. The minimum Gasteiger partial charge on any atom is -0.285 e. The lowest BCUT2D eigenvalue weighted by Gasteiger charge is -2.23. The molecule has 4 aromatic carbocycles. The van der Waals surface area contributed by atoms with Gasteiger partial charge in [0.15, 0.2) is 0 Å². The minimum atomic E-state index is -0.429. The molecule has 128 valence electrons. The molecule has 0 unspecified atom stereocenters. The van der Waals surface area contributed by atoms with Crippen LogP contribution in [0.5, 0.6) is 0 Å². The highest BCUT2D eigenvalue weighted by Crippen LogP contribution is 2.44. The molecule has 0 spiro atoms. The van der Waals surface area contributed by atoms with E-state index in [4.69, 9.17) is 0 Å². The molecular weight excluding hydrogens is 332 g/mol. The molecular formula is C25H16O2. The van der Waals surface area contributed by atoms with Gasteiger partial charge in [-0.2, -0.15) is 0 Å². The van der Waals surface area contributed by atoms with E-state index in [0.29, 0.717) is 11.1 Å². The molecule has 0 saturated heterocycles. The maximum atomic E-state index is 12.8. The Morgan fingerprint density at radius 1 is 0.556 bits per heavy atom. The molecule has 0 radical (unpaired) electrons. The average molecular weight is 348 g/mol. The fourth-order valence-electron chi connectivity index (χ4n) is 3.96. The molecule has 0 aromatic heterocycles. The van der Waals surface area contributed by atoms with E-state index >= 15 is 0 Å². The fourth-order valence-corrected chi connectivity index (χ4v) is 3.96. The summed E-state index contributed by atoms with van der Waals surface area (Å²) in [4.78, 5) is 25.6. The van der Waals surface area contributed by atoms with Gasteiger partial charge < -0.3 is 0 Å². The van der Waals surface area contributed by atoms with Gasteiger partial charge in [0.25, 0.3) is 0 Å². The Kier molecular flexibility index (Phi) is 3.34. The molecule has 5 rings (SSSR count). The first kappa shape index (κ1) is 15.7.